The van der Waals surface area contributed by atoms with Gasteiger partial charge in [0.1, 0.15) is 4.88 Å². The third kappa shape index (κ3) is 5.16. The molecule has 0 bridgehead atoms. The fourth-order valence-electron chi connectivity index (χ4n) is 3.12. The second-order valence-electron chi connectivity index (χ2n) is 6.54. The van der Waals surface area contributed by atoms with Crippen LogP contribution in [0.3, 0.4) is 0 Å². The number of aromatic carboxylic acids is 1. The highest BCUT2D eigenvalue weighted by molar-refractivity contribution is 7.14. The largest absolute Gasteiger partial charge is 0.477 e. The van der Waals surface area contributed by atoms with Gasteiger partial charge in [-0.15, -0.1) is 11.3 Å². The summed E-state index contributed by atoms with van der Waals surface area (Å²) in [7, 11) is 0. The van der Waals surface area contributed by atoms with Gasteiger partial charge in [-0.05, 0) is 51.0 Å². The van der Waals surface area contributed by atoms with Crippen LogP contribution in [-0.4, -0.2) is 34.7 Å². The monoisotopic (exact) mass is 365 g/mol. The Labute approximate surface area is 153 Å². The lowest BCUT2D eigenvalue weighted by Crippen LogP contribution is -2.32. The van der Waals surface area contributed by atoms with E-state index >= 15 is 0 Å². The minimum atomic E-state index is -0.984. The van der Waals surface area contributed by atoms with Crippen LogP contribution in [0.2, 0.25) is 0 Å². The Balaban J connectivity index is 2.30. The molecule has 1 aromatic rings. The second kappa shape index (κ2) is 9.15. The molecule has 5 nitrogen and oxygen atoms in total. The van der Waals surface area contributed by atoms with E-state index in [1.54, 1.807) is 18.7 Å². The molecule has 1 aromatic heterocycles. The molecule has 0 saturated carbocycles. The SMILES string of the molecule is CCC(=O)N(CCCC(C)O)c1cc(C2CC=CCC2)sc1C(=O)O. The maximum atomic E-state index is 12.4. The van der Waals surface area contributed by atoms with Crippen molar-refractivity contribution in [2.75, 3.05) is 11.4 Å². The molecule has 2 N–H and O–H groups in total. The van der Waals surface area contributed by atoms with Gasteiger partial charge in [-0.1, -0.05) is 19.1 Å². The maximum Gasteiger partial charge on any atom is 0.348 e. The summed E-state index contributed by atoms with van der Waals surface area (Å²) in [4.78, 5) is 27.0. The number of nitrogens with zero attached hydrogens (tertiary/aromatic N) is 1. The van der Waals surface area contributed by atoms with E-state index < -0.39 is 12.1 Å². The average Bonchev–Trinajstić information content (AvgIpc) is 3.04. The second-order valence-corrected chi connectivity index (χ2v) is 7.62. The molecule has 138 valence electrons. The molecule has 0 aromatic carbocycles. The smallest absolute Gasteiger partial charge is 0.348 e. The Morgan fingerprint density at radius 1 is 1.40 bits per heavy atom. The number of aliphatic hydroxyl groups excluding tert-OH is 1. The molecule has 2 rings (SSSR count). The van der Waals surface area contributed by atoms with E-state index in [1.807, 2.05) is 6.07 Å². The number of hydrogen-bond acceptors (Lipinski definition) is 4. The number of allylic oxidation sites excluding steroid dienone is 2. The quantitative estimate of drug-likeness (QED) is 0.678. The van der Waals surface area contributed by atoms with Crippen LogP contribution in [0, 0.1) is 0 Å². The van der Waals surface area contributed by atoms with Crippen LogP contribution in [0.1, 0.15) is 72.8 Å². The zero-order valence-electron chi connectivity index (χ0n) is 14.9. The van der Waals surface area contributed by atoms with Crippen molar-refractivity contribution in [3.8, 4) is 0 Å². The van der Waals surface area contributed by atoms with E-state index in [0.717, 1.165) is 24.1 Å². The van der Waals surface area contributed by atoms with Crippen LogP contribution in [0.4, 0.5) is 5.69 Å². The molecule has 2 atom stereocenters. The van der Waals surface area contributed by atoms with Gasteiger partial charge in [0.15, 0.2) is 0 Å². The summed E-state index contributed by atoms with van der Waals surface area (Å²) >= 11 is 1.29. The lowest BCUT2D eigenvalue weighted by molar-refractivity contribution is -0.118. The minimum absolute atomic E-state index is 0.0824. The van der Waals surface area contributed by atoms with Crippen LogP contribution >= 0.6 is 11.3 Å². The number of carbonyl (C=O) groups is 2. The normalized spacial score (nSPS) is 18.1. The number of rotatable bonds is 8. The van der Waals surface area contributed by atoms with Crippen molar-refractivity contribution in [1.29, 1.82) is 0 Å². The molecule has 25 heavy (non-hydrogen) atoms. The summed E-state index contributed by atoms with van der Waals surface area (Å²) in [5.74, 6) is -0.735. The number of carbonyl (C=O) groups excluding carboxylic acids is 1. The molecule has 1 aliphatic rings. The van der Waals surface area contributed by atoms with E-state index in [1.165, 1.54) is 11.3 Å². The molecule has 0 radical (unpaired) electrons. The van der Waals surface area contributed by atoms with Gasteiger partial charge in [0.2, 0.25) is 5.91 Å². The zero-order valence-corrected chi connectivity index (χ0v) is 15.7. The maximum absolute atomic E-state index is 12.4. The first-order valence-corrected chi connectivity index (χ1v) is 9.76. The molecule has 0 saturated heterocycles. The Morgan fingerprint density at radius 2 is 2.16 bits per heavy atom. The van der Waals surface area contributed by atoms with Crippen molar-refractivity contribution >= 4 is 28.9 Å². The molecule has 1 heterocycles. The molecule has 1 amide bonds. The van der Waals surface area contributed by atoms with Gasteiger partial charge < -0.3 is 15.1 Å². The summed E-state index contributed by atoms with van der Waals surface area (Å²) < 4.78 is 0. The predicted octanol–water partition coefficient (Wildman–Crippen LogP) is 4.17. The third-order valence-corrected chi connectivity index (χ3v) is 5.77. The molecule has 1 aliphatic carbocycles. The molecule has 0 aliphatic heterocycles. The first-order chi connectivity index (χ1) is 11.9. The van der Waals surface area contributed by atoms with Crippen molar-refractivity contribution in [1.82, 2.24) is 0 Å². The first-order valence-electron chi connectivity index (χ1n) is 8.94. The molecular formula is C19H27NO4S. The van der Waals surface area contributed by atoms with Gasteiger partial charge >= 0.3 is 5.97 Å². The number of thiophene rings is 1. The standard InChI is InChI=1S/C19H27NO4S/c1-3-17(22)20(11-7-8-13(2)21)15-12-16(25-18(15)19(23)24)14-9-5-4-6-10-14/h4-5,12-14,21H,3,6-11H2,1-2H3,(H,23,24). The topological polar surface area (TPSA) is 77.8 Å². The predicted molar refractivity (Wildman–Crippen MR) is 101 cm³/mol. The highest BCUT2D eigenvalue weighted by Crippen LogP contribution is 2.39. The number of amides is 1. The van der Waals surface area contributed by atoms with Gasteiger partial charge in [0, 0.05) is 17.8 Å². The van der Waals surface area contributed by atoms with E-state index in [4.69, 9.17) is 0 Å². The fraction of sp³-hybridized carbons (Fsp3) is 0.579. The number of anilines is 1. The molecule has 0 spiro atoms. The van der Waals surface area contributed by atoms with Crippen molar-refractivity contribution in [3.05, 3.63) is 28.0 Å². The molecule has 2 unspecified atom stereocenters. The first kappa shape index (κ1) is 19.7. The summed E-state index contributed by atoms with van der Waals surface area (Å²) in [6, 6.07) is 1.90. The summed E-state index contributed by atoms with van der Waals surface area (Å²) in [6.07, 6.45) is 8.36. The van der Waals surface area contributed by atoms with Crippen LogP contribution in [0.15, 0.2) is 18.2 Å². The van der Waals surface area contributed by atoms with Crippen molar-refractivity contribution in [3.63, 3.8) is 0 Å². The van der Waals surface area contributed by atoms with Gasteiger partial charge in [-0.2, -0.15) is 0 Å². The summed E-state index contributed by atoms with van der Waals surface area (Å²) in [6.45, 7) is 3.93. The number of carboxylic acid groups (broad SMARTS) is 1. The Morgan fingerprint density at radius 3 is 2.72 bits per heavy atom. The molecular weight excluding hydrogens is 338 g/mol. The summed E-state index contributed by atoms with van der Waals surface area (Å²) in [5.41, 5.74) is 0.513. The summed E-state index contributed by atoms with van der Waals surface area (Å²) in [5, 5.41) is 19.1. The van der Waals surface area contributed by atoms with E-state index in [-0.39, 0.29) is 10.8 Å². The molecule has 6 heteroatoms. The van der Waals surface area contributed by atoms with Crippen molar-refractivity contribution in [2.45, 2.75) is 64.4 Å². The molecule has 0 fully saturated rings. The van der Waals surface area contributed by atoms with Gasteiger partial charge in [0.25, 0.3) is 0 Å². The van der Waals surface area contributed by atoms with Gasteiger partial charge in [-0.25, -0.2) is 4.79 Å². The van der Waals surface area contributed by atoms with E-state index in [0.29, 0.717) is 37.4 Å². The van der Waals surface area contributed by atoms with Gasteiger partial charge in [0.05, 0.1) is 11.8 Å². The van der Waals surface area contributed by atoms with Crippen LogP contribution in [0.25, 0.3) is 0 Å². The van der Waals surface area contributed by atoms with Crippen molar-refractivity contribution < 1.29 is 19.8 Å². The highest BCUT2D eigenvalue weighted by atomic mass is 32.1. The highest BCUT2D eigenvalue weighted by Gasteiger charge is 2.26. The number of aliphatic hydroxyl groups is 1. The van der Waals surface area contributed by atoms with Gasteiger partial charge in [-0.3, -0.25) is 4.79 Å². The Bertz CT molecular complexity index is 635. The van der Waals surface area contributed by atoms with Crippen LogP contribution in [-0.2, 0) is 4.79 Å². The number of carboxylic acids is 1. The van der Waals surface area contributed by atoms with E-state index in [2.05, 4.69) is 12.2 Å². The minimum Gasteiger partial charge on any atom is -0.477 e. The van der Waals surface area contributed by atoms with Crippen LogP contribution in [0.5, 0.6) is 0 Å². The Hall–Kier alpha value is -1.66. The van der Waals surface area contributed by atoms with E-state index in [9.17, 15) is 19.8 Å². The fourth-order valence-corrected chi connectivity index (χ4v) is 4.27. The van der Waals surface area contributed by atoms with Crippen LogP contribution < -0.4 is 4.90 Å². The van der Waals surface area contributed by atoms with Crippen molar-refractivity contribution in [2.24, 2.45) is 0 Å². The Kier molecular flexibility index (Phi) is 7.20. The number of hydrogen-bond donors (Lipinski definition) is 2. The lowest BCUT2D eigenvalue weighted by atomic mass is 9.93. The third-order valence-electron chi connectivity index (χ3n) is 4.50. The lowest BCUT2D eigenvalue weighted by Gasteiger charge is -2.22. The zero-order chi connectivity index (χ0) is 18.4. The average molecular weight is 365 g/mol.